The second-order valence-corrected chi connectivity index (χ2v) is 7.94. The molecule has 2 rings (SSSR count). The summed E-state index contributed by atoms with van der Waals surface area (Å²) in [6.45, 7) is 9.05. The summed E-state index contributed by atoms with van der Waals surface area (Å²) >= 11 is 0.982. The SMILES string of the molecule is CCN(CC)CCC[C@H](C)NC(=O)/C=C1/Sc2ccc(C(F)(F)F)cc2NC1=O. The number of hydrogen-bond donors (Lipinski definition) is 2. The van der Waals surface area contributed by atoms with Gasteiger partial charge >= 0.3 is 6.18 Å². The highest BCUT2D eigenvalue weighted by Crippen LogP contribution is 2.41. The van der Waals surface area contributed by atoms with E-state index in [2.05, 4.69) is 29.4 Å². The van der Waals surface area contributed by atoms with E-state index < -0.39 is 23.6 Å². The molecular formula is C20H26F3N3O2S. The monoisotopic (exact) mass is 429 g/mol. The summed E-state index contributed by atoms with van der Waals surface area (Å²) in [6, 6.07) is 3.10. The molecule has 0 bridgehead atoms. The first-order valence-corrected chi connectivity index (χ1v) is 10.4. The first-order valence-electron chi connectivity index (χ1n) is 9.59. The number of nitrogens with zero attached hydrogens (tertiary/aromatic N) is 1. The van der Waals surface area contributed by atoms with Crippen LogP contribution in [0.25, 0.3) is 0 Å². The van der Waals surface area contributed by atoms with Crippen LogP contribution >= 0.6 is 11.8 Å². The van der Waals surface area contributed by atoms with E-state index in [-0.39, 0.29) is 16.6 Å². The zero-order valence-corrected chi connectivity index (χ0v) is 17.5. The molecule has 160 valence electrons. The van der Waals surface area contributed by atoms with Gasteiger partial charge in [-0.1, -0.05) is 25.6 Å². The van der Waals surface area contributed by atoms with E-state index in [1.807, 2.05) is 6.92 Å². The number of anilines is 1. The Morgan fingerprint density at radius 3 is 2.62 bits per heavy atom. The van der Waals surface area contributed by atoms with Gasteiger partial charge < -0.3 is 15.5 Å². The Balaban J connectivity index is 1.95. The zero-order chi connectivity index (χ0) is 21.6. The average molecular weight is 430 g/mol. The summed E-state index contributed by atoms with van der Waals surface area (Å²) in [5.41, 5.74) is -0.738. The Labute approximate surface area is 173 Å². The number of alkyl halides is 3. The predicted octanol–water partition coefficient (Wildman–Crippen LogP) is 4.26. The van der Waals surface area contributed by atoms with Crippen molar-refractivity contribution in [3.8, 4) is 0 Å². The molecule has 1 heterocycles. The Hall–Kier alpha value is -2.00. The van der Waals surface area contributed by atoms with Crippen molar-refractivity contribution in [2.24, 2.45) is 0 Å². The van der Waals surface area contributed by atoms with Gasteiger partial charge in [-0.2, -0.15) is 13.2 Å². The maximum absolute atomic E-state index is 12.8. The van der Waals surface area contributed by atoms with Gasteiger partial charge in [-0.05, 0) is 57.6 Å². The van der Waals surface area contributed by atoms with E-state index in [0.29, 0.717) is 4.90 Å². The van der Waals surface area contributed by atoms with Crippen molar-refractivity contribution in [1.29, 1.82) is 0 Å². The third-order valence-corrected chi connectivity index (χ3v) is 5.75. The van der Waals surface area contributed by atoms with Crippen molar-refractivity contribution in [3.05, 3.63) is 34.7 Å². The second kappa shape index (κ2) is 10.2. The van der Waals surface area contributed by atoms with Gasteiger partial charge in [-0.15, -0.1) is 0 Å². The molecule has 29 heavy (non-hydrogen) atoms. The van der Waals surface area contributed by atoms with Crippen molar-refractivity contribution in [2.45, 2.75) is 50.7 Å². The van der Waals surface area contributed by atoms with Crippen LogP contribution in [0.1, 0.15) is 39.2 Å². The van der Waals surface area contributed by atoms with Crippen molar-refractivity contribution in [1.82, 2.24) is 10.2 Å². The molecule has 1 aromatic carbocycles. The van der Waals surface area contributed by atoms with Gasteiger partial charge in [0.1, 0.15) is 0 Å². The van der Waals surface area contributed by atoms with Crippen LogP contribution in [0.15, 0.2) is 34.1 Å². The highest BCUT2D eigenvalue weighted by Gasteiger charge is 2.32. The number of carbonyl (C=O) groups excluding carboxylic acids is 2. The molecular weight excluding hydrogens is 403 g/mol. The lowest BCUT2D eigenvalue weighted by atomic mass is 10.1. The van der Waals surface area contributed by atoms with Gasteiger partial charge in [-0.3, -0.25) is 9.59 Å². The smallest absolute Gasteiger partial charge is 0.350 e. The summed E-state index contributed by atoms with van der Waals surface area (Å²) in [5, 5.41) is 5.26. The number of nitrogens with one attached hydrogen (secondary N) is 2. The van der Waals surface area contributed by atoms with Crippen LogP contribution in [0.2, 0.25) is 0 Å². The van der Waals surface area contributed by atoms with Crippen molar-refractivity contribution >= 4 is 29.3 Å². The Morgan fingerprint density at radius 1 is 1.31 bits per heavy atom. The molecule has 0 saturated heterocycles. The number of halogens is 3. The fourth-order valence-corrected chi connectivity index (χ4v) is 3.88. The number of fused-ring (bicyclic) bond motifs is 1. The summed E-state index contributed by atoms with van der Waals surface area (Å²) in [4.78, 5) is 27.3. The molecule has 0 aliphatic carbocycles. The van der Waals surface area contributed by atoms with E-state index >= 15 is 0 Å². The minimum atomic E-state index is -4.48. The topological polar surface area (TPSA) is 61.4 Å². The number of rotatable bonds is 8. The fourth-order valence-electron chi connectivity index (χ4n) is 2.97. The Kier molecular flexibility index (Phi) is 8.15. The van der Waals surface area contributed by atoms with E-state index in [0.717, 1.165) is 56.4 Å². The fraction of sp³-hybridized carbons (Fsp3) is 0.500. The molecule has 9 heteroatoms. The highest BCUT2D eigenvalue weighted by molar-refractivity contribution is 8.04. The normalized spacial score (nSPS) is 16.5. The number of amides is 2. The summed E-state index contributed by atoms with van der Waals surface area (Å²) < 4.78 is 38.4. The molecule has 1 aromatic rings. The number of thioether (sulfide) groups is 1. The van der Waals surface area contributed by atoms with E-state index in [4.69, 9.17) is 0 Å². The summed E-state index contributed by atoms with van der Waals surface area (Å²) in [5.74, 6) is -0.987. The van der Waals surface area contributed by atoms with Gasteiger partial charge in [0, 0.05) is 17.0 Å². The molecule has 1 aliphatic heterocycles. The van der Waals surface area contributed by atoms with E-state index in [9.17, 15) is 22.8 Å². The largest absolute Gasteiger partial charge is 0.416 e. The third-order valence-electron chi connectivity index (χ3n) is 4.66. The van der Waals surface area contributed by atoms with Crippen LogP contribution in [0, 0.1) is 0 Å². The Bertz CT molecular complexity index is 777. The second-order valence-electron chi connectivity index (χ2n) is 6.85. The van der Waals surface area contributed by atoms with Crippen LogP contribution in [0.5, 0.6) is 0 Å². The first-order chi connectivity index (χ1) is 13.6. The minimum absolute atomic E-state index is 0.0480. The lowest BCUT2D eigenvalue weighted by Gasteiger charge is -2.21. The molecule has 5 nitrogen and oxygen atoms in total. The Morgan fingerprint density at radius 2 is 2.00 bits per heavy atom. The first kappa shape index (κ1) is 23.3. The standard InChI is InChI=1S/C20H26F3N3O2S/c1-4-26(5-2)10-6-7-13(3)24-18(27)12-17-19(28)25-15-11-14(20(21,22)23)8-9-16(15)29-17/h8-9,11-13H,4-7,10H2,1-3H3,(H,24,27)(H,25,28)/b17-12+/t13-/m0/s1. The molecule has 0 fully saturated rings. The summed E-state index contributed by atoms with van der Waals surface area (Å²) in [6.07, 6.45) is -1.53. The lowest BCUT2D eigenvalue weighted by Crippen LogP contribution is -2.33. The van der Waals surface area contributed by atoms with E-state index in [1.165, 1.54) is 12.1 Å². The molecule has 0 aromatic heterocycles. The van der Waals surface area contributed by atoms with Crippen LogP contribution in [0.4, 0.5) is 18.9 Å². The maximum atomic E-state index is 12.8. The van der Waals surface area contributed by atoms with Gasteiger partial charge in [-0.25, -0.2) is 0 Å². The predicted molar refractivity (Wildman–Crippen MR) is 109 cm³/mol. The molecule has 1 atom stereocenters. The van der Waals surface area contributed by atoms with Crippen LogP contribution in [-0.4, -0.2) is 42.4 Å². The quantitative estimate of drug-likeness (QED) is 0.606. The summed E-state index contributed by atoms with van der Waals surface area (Å²) in [7, 11) is 0. The van der Waals surface area contributed by atoms with Crippen LogP contribution in [0.3, 0.4) is 0 Å². The van der Waals surface area contributed by atoms with Gasteiger partial charge in [0.2, 0.25) is 5.91 Å². The van der Waals surface area contributed by atoms with Gasteiger partial charge in [0.25, 0.3) is 5.91 Å². The van der Waals surface area contributed by atoms with Crippen molar-refractivity contribution < 1.29 is 22.8 Å². The lowest BCUT2D eigenvalue weighted by molar-refractivity contribution is -0.137. The minimum Gasteiger partial charge on any atom is -0.350 e. The van der Waals surface area contributed by atoms with E-state index in [1.54, 1.807) is 0 Å². The van der Waals surface area contributed by atoms with Gasteiger partial charge in [0.05, 0.1) is 16.2 Å². The zero-order valence-electron chi connectivity index (χ0n) is 16.7. The van der Waals surface area contributed by atoms with Crippen molar-refractivity contribution in [3.63, 3.8) is 0 Å². The van der Waals surface area contributed by atoms with Gasteiger partial charge in [0.15, 0.2) is 0 Å². The molecule has 0 saturated carbocycles. The molecule has 0 radical (unpaired) electrons. The number of benzene rings is 1. The molecule has 0 spiro atoms. The van der Waals surface area contributed by atoms with Crippen LogP contribution < -0.4 is 10.6 Å². The highest BCUT2D eigenvalue weighted by atomic mass is 32.2. The molecule has 2 N–H and O–H groups in total. The molecule has 1 aliphatic rings. The maximum Gasteiger partial charge on any atom is 0.416 e. The van der Waals surface area contributed by atoms with Crippen LogP contribution in [-0.2, 0) is 15.8 Å². The third kappa shape index (κ3) is 6.78. The number of carbonyl (C=O) groups is 2. The average Bonchev–Trinajstić information content (AvgIpc) is 2.64. The molecule has 0 unspecified atom stereocenters. The number of hydrogen-bond acceptors (Lipinski definition) is 4. The van der Waals surface area contributed by atoms with Crippen molar-refractivity contribution in [2.75, 3.05) is 25.0 Å². The molecule has 2 amide bonds.